The van der Waals surface area contributed by atoms with E-state index in [0.29, 0.717) is 6.54 Å². The van der Waals surface area contributed by atoms with Crippen molar-refractivity contribution in [3.05, 3.63) is 59.4 Å². The van der Waals surface area contributed by atoms with Crippen molar-refractivity contribution >= 4 is 6.03 Å². The van der Waals surface area contributed by atoms with Crippen molar-refractivity contribution in [2.45, 2.75) is 44.3 Å². The van der Waals surface area contributed by atoms with Crippen LogP contribution in [-0.2, 0) is 6.54 Å². The van der Waals surface area contributed by atoms with Gasteiger partial charge in [-0.3, -0.25) is 4.90 Å². The molecule has 0 radical (unpaired) electrons. The van der Waals surface area contributed by atoms with Crippen LogP contribution in [0.1, 0.15) is 42.9 Å². The number of likely N-dealkylation sites (tertiary alicyclic amines) is 2. The summed E-state index contributed by atoms with van der Waals surface area (Å²) in [6, 6.07) is 12.7. The van der Waals surface area contributed by atoms with Gasteiger partial charge in [-0.1, -0.05) is 18.2 Å². The number of carbonyl (C=O) groups is 1. The highest BCUT2D eigenvalue weighted by molar-refractivity contribution is 5.75. The lowest BCUT2D eigenvalue weighted by molar-refractivity contribution is 0.165. The van der Waals surface area contributed by atoms with Gasteiger partial charge in [0.05, 0.1) is 20.3 Å². The number of hydrogen-bond acceptors (Lipinski definition) is 4. The molecular formula is C25H32FN3O3. The summed E-state index contributed by atoms with van der Waals surface area (Å²) in [5, 5.41) is 3.24. The number of ether oxygens (including phenoxy) is 2. The van der Waals surface area contributed by atoms with Crippen LogP contribution in [0.25, 0.3) is 0 Å². The Labute approximate surface area is 189 Å². The number of amides is 2. The molecule has 2 aromatic rings. The van der Waals surface area contributed by atoms with E-state index in [-0.39, 0.29) is 23.9 Å². The first-order valence-electron chi connectivity index (χ1n) is 11.3. The summed E-state index contributed by atoms with van der Waals surface area (Å²) >= 11 is 0. The number of carbonyl (C=O) groups excluding carboxylic acids is 1. The van der Waals surface area contributed by atoms with E-state index in [1.54, 1.807) is 20.3 Å². The minimum atomic E-state index is -0.157. The highest BCUT2D eigenvalue weighted by Crippen LogP contribution is 2.39. The number of benzene rings is 2. The minimum absolute atomic E-state index is 0.0232. The van der Waals surface area contributed by atoms with Crippen molar-refractivity contribution in [2.75, 3.05) is 33.9 Å². The van der Waals surface area contributed by atoms with Crippen LogP contribution in [0.4, 0.5) is 9.18 Å². The van der Waals surface area contributed by atoms with Gasteiger partial charge < -0.3 is 19.7 Å². The van der Waals surface area contributed by atoms with E-state index < -0.39 is 0 Å². The molecule has 6 nitrogen and oxygen atoms in total. The SMILES string of the molecule is COc1ccc(OC)c(C2CCCN2C(=O)NC2CCN(Cc3ccccc3F)CC2)c1. The van der Waals surface area contributed by atoms with Crippen LogP contribution in [0.2, 0.25) is 0 Å². The van der Waals surface area contributed by atoms with E-state index in [0.717, 1.165) is 67.9 Å². The van der Waals surface area contributed by atoms with Gasteiger partial charge in [0.15, 0.2) is 0 Å². The largest absolute Gasteiger partial charge is 0.497 e. The second kappa shape index (κ2) is 10.2. The Hall–Kier alpha value is -2.80. The van der Waals surface area contributed by atoms with Crippen LogP contribution < -0.4 is 14.8 Å². The summed E-state index contributed by atoms with van der Waals surface area (Å²) in [5.74, 6) is 1.38. The highest BCUT2D eigenvalue weighted by Gasteiger charge is 2.33. The topological polar surface area (TPSA) is 54.0 Å². The number of rotatable bonds is 6. The molecule has 1 N–H and O–H groups in total. The lowest BCUT2D eigenvalue weighted by atomic mass is 10.0. The van der Waals surface area contributed by atoms with Crippen molar-refractivity contribution in [3.8, 4) is 11.5 Å². The average Bonchev–Trinajstić information content (AvgIpc) is 3.31. The van der Waals surface area contributed by atoms with Crippen molar-refractivity contribution < 1.29 is 18.7 Å². The van der Waals surface area contributed by atoms with Crippen molar-refractivity contribution in [3.63, 3.8) is 0 Å². The first-order chi connectivity index (χ1) is 15.6. The molecule has 0 aromatic heterocycles. The number of halogens is 1. The second-order valence-corrected chi connectivity index (χ2v) is 8.55. The van der Waals surface area contributed by atoms with E-state index in [9.17, 15) is 9.18 Å². The van der Waals surface area contributed by atoms with Gasteiger partial charge in [-0.05, 0) is 49.9 Å². The van der Waals surface area contributed by atoms with Gasteiger partial charge in [-0.25, -0.2) is 9.18 Å². The van der Waals surface area contributed by atoms with Gasteiger partial charge in [-0.2, -0.15) is 0 Å². The van der Waals surface area contributed by atoms with E-state index >= 15 is 0 Å². The summed E-state index contributed by atoms with van der Waals surface area (Å²) in [6.45, 7) is 3.01. The zero-order valence-corrected chi connectivity index (χ0v) is 18.9. The highest BCUT2D eigenvalue weighted by atomic mass is 19.1. The molecule has 2 aromatic carbocycles. The molecule has 2 fully saturated rings. The molecule has 0 bridgehead atoms. The van der Waals surface area contributed by atoms with E-state index in [2.05, 4.69) is 10.2 Å². The molecule has 2 heterocycles. The zero-order chi connectivity index (χ0) is 22.5. The van der Waals surface area contributed by atoms with Gasteiger partial charge in [0.25, 0.3) is 0 Å². The molecule has 1 unspecified atom stereocenters. The van der Waals surface area contributed by atoms with Crippen molar-refractivity contribution in [1.82, 2.24) is 15.1 Å². The summed E-state index contributed by atoms with van der Waals surface area (Å²) < 4.78 is 24.9. The van der Waals surface area contributed by atoms with Gasteiger partial charge in [0.1, 0.15) is 17.3 Å². The molecule has 32 heavy (non-hydrogen) atoms. The maximum atomic E-state index is 13.9. The molecule has 1 atom stereocenters. The Morgan fingerprint density at radius 2 is 1.84 bits per heavy atom. The molecule has 0 saturated carbocycles. The standard InChI is InChI=1S/C25H32FN3O3/c1-31-20-9-10-24(32-2)21(16-20)23-8-5-13-29(23)25(30)27-19-11-14-28(15-12-19)17-18-6-3-4-7-22(18)26/h3-4,6-7,9-10,16,19,23H,5,8,11-15,17H2,1-2H3,(H,27,30). The molecular weight excluding hydrogens is 409 g/mol. The zero-order valence-electron chi connectivity index (χ0n) is 18.9. The summed E-state index contributed by atoms with van der Waals surface area (Å²) in [6.07, 6.45) is 3.58. The predicted molar refractivity (Wildman–Crippen MR) is 121 cm³/mol. The van der Waals surface area contributed by atoms with Crippen LogP contribution in [0.5, 0.6) is 11.5 Å². The molecule has 7 heteroatoms. The van der Waals surface area contributed by atoms with Gasteiger partial charge in [-0.15, -0.1) is 0 Å². The molecule has 2 aliphatic heterocycles. The predicted octanol–water partition coefficient (Wildman–Crippen LogP) is 4.35. The average molecular weight is 442 g/mol. The smallest absolute Gasteiger partial charge is 0.318 e. The Bertz CT molecular complexity index is 930. The molecule has 2 aliphatic rings. The Kier molecular flexibility index (Phi) is 7.15. The maximum Gasteiger partial charge on any atom is 0.318 e. The number of nitrogens with one attached hydrogen (secondary N) is 1. The van der Waals surface area contributed by atoms with Crippen LogP contribution in [0, 0.1) is 5.82 Å². The van der Waals surface area contributed by atoms with E-state index in [4.69, 9.17) is 9.47 Å². The van der Waals surface area contributed by atoms with E-state index in [1.165, 1.54) is 6.07 Å². The number of methoxy groups -OCH3 is 2. The van der Waals surface area contributed by atoms with Crippen LogP contribution in [0.15, 0.2) is 42.5 Å². The minimum Gasteiger partial charge on any atom is -0.497 e. The molecule has 0 aliphatic carbocycles. The lowest BCUT2D eigenvalue weighted by Gasteiger charge is -2.34. The van der Waals surface area contributed by atoms with Gasteiger partial charge in [0, 0.05) is 43.3 Å². The quantitative estimate of drug-likeness (QED) is 0.724. The molecule has 2 saturated heterocycles. The lowest BCUT2D eigenvalue weighted by Crippen LogP contribution is -2.49. The summed E-state index contributed by atoms with van der Waals surface area (Å²) in [5.41, 5.74) is 1.71. The monoisotopic (exact) mass is 441 g/mol. The molecule has 0 spiro atoms. The van der Waals surface area contributed by atoms with Crippen LogP contribution in [-0.4, -0.2) is 55.7 Å². The fraction of sp³-hybridized carbons (Fsp3) is 0.480. The van der Waals surface area contributed by atoms with E-state index in [1.807, 2.05) is 35.2 Å². The van der Waals surface area contributed by atoms with Crippen LogP contribution >= 0.6 is 0 Å². The third kappa shape index (κ3) is 4.99. The Morgan fingerprint density at radius 1 is 1.06 bits per heavy atom. The number of hydrogen-bond donors (Lipinski definition) is 1. The Morgan fingerprint density at radius 3 is 2.56 bits per heavy atom. The molecule has 172 valence electrons. The molecule has 2 amide bonds. The summed E-state index contributed by atoms with van der Waals surface area (Å²) in [7, 11) is 3.29. The van der Waals surface area contributed by atoms with Gasteiger partial charge >= 0.3 is 6.03 Å². The number of nitrogens with zero attached hydrogens (tertiary/aromatic N) is 2. The first-order valence-corrected chi connectivity index (χ1v) is 11.3. The fourth-order valence-corrected chi connectivity index (χ4v) is 4.79. The summed E-state index contributed by atoms with van der Waals surface area (Å²) in [4.78, 5) is 17.3. The van der Waals surface area contributed by atoms with Crippen molar-refractivity contribution in [1.29, 1.82) is 0 Å². The maximum absolute atomic E-state index is 13.9. The third-order valence-corrected chi connectivity index (χ3v) is 6.58. The number of urea groups is 1. The number of piperidine rings is 1. The fourth-order valence-electron chi connectivity index (χ4n) is 4.79. The second-order valence-electron chi connectivity index (χ2n) is 8.55. The third-order valence-electron chi connectivity index (χ3n) is 6.58. The van der Waals surface area contributed by atoms with Crippen molar-refractivity contribution in [2.24, 2.45) is 0 Å². The van der Waals surface area contributed by atoms with Crippen LogP contribution in [0.3, 0.4) is 0 Å². The van der Waals surface area contributed by atoms with Gasteiger partial charge in [0.2, 0.25) is 0 Å². The first kappa shape index (κ1) is 22.4. The molecule has 4 rings (SSSR count). The Balaban J connectivity index is 1.35. The normalized spacial score (nSPS) is 19.7.